The average molecular weight is 230 g/mol. The lowest BCUT2D eigenvalue weighted by Crippen LogP contribution is -2.42. The Morgan fingerprint density at radius 1 is 1.71 bits per heavy atom. The topological polar surface area (TPSA) is 59.1 Å². The number of rotatable bonds is 5. The molecule has 1 unspecified atom stereocenters. The fraction of sp³-hybridized carbons (Fsp3) is 0.667. The lowest BCUT2D eigenvalue weighted by atomic mass is 10.0. The minimum absolute atomic E-state index is 0.357. The molecule has 3 N–H and O–H groups in total. The number of thiazole rings is 1. The number of aliphatic hydroxyl groups is 1. The maximum Gasteiger partial charge on any atom is 0.149 e. The number of hydrogen-bond donors (Lipinski definition) is 2. The molecule has 0 aromatic carbocycles. The first kappa shape index (κ1) is 10.4. The Kier molecular flexibility index (Phi) is 3.11. The van der Waals surface area contributed by atoms with Gasteiger partial charge in [0.05, 0.1) is 5.60 Å². The predicted octanol–water partition coefficient (Wildman–Crippen LogP) is 1.33. The van der Waals surface area contributed by atoms with Crippen LogP contribution in [0.4, 0.5) is 0 Å². The summed E-state index contributed by atoms with van der Waals surface area (Å²) in [4.78, 5) is 4.16. The van der Waals surface area contributed by atoms with Crippen molar-refractivity contribution in [3.05, 3.63) is 11.6 Å². The number of hydrogen-bond acceptors (Lipinski definition) is 5. The molecule has 0 bridgehead atoms. The highest BCUT2D eigenvalue weighted by atomic mass is 32.2. The molecule has 0 spiro atoms. The summed E-state index contributed by atoms with van der Waals surface area (Å²) < 4.78 is 1.01. The fourth-order valence-electron chi connectivity index (χ4n) is 1.43. The summed E-state index contributed by atoms with van der Waals surface area (Å²) in [5, 5.41) is 12.1. The van der Waals surface area contributed by atoms with Gasteiger partial charge in [0.25, 0.3) is 0 Å². The summed E-state index contributed by atoms with van der Waals surface area (Å²) in [6.07, 6.45) is 4.02. The van der Waals surface area contributed by atoms with Crippen LogP contribution in [0.3, 0.4) is 0 Å². The van der Waals surface area contributed by atoms with Gasteiger partial charge in [-0.25, -0.2) is 4.98 Å². The monoisotopic (exact) mass is 230 g/mol. The van der Waals surface area contributed by atoms with E-state index in [0.717, 1.165) is 17.2 Å². The van der Waals surface area contributed by atoms with E-state index in [-0.39, 0.29) is 0 Å². The van der Waals surface area contributed by atoms with E-state index >= 15 is 0 Å². The van der Waals surface area contributed by atoms with Crippen molar-refractivity contribution in [1.29, 1.82) is 0 Å². The van der Waals surface area contributed by atoms with Crippen LogP contribution in [-0.2, 0) is 0 Å². The van der Waals surface area contributed by atoms with Crippen LogP contribution in [0.15, 0.2) is 15.9 Å². The molecule has 5 heteroatoms. The molecule has 0 saturated heterocycles. The second kappa shape index (κ2) is 4.18. The zero-order valence-corrected chi connectivity index (χ0v) is 9.48. The van der Waals surface area contributed by atoms with E-state index in [1.54, 1.807) is 29.3 Å². The van der Waals surface area contributed by atoms with Gasteiger partial charge in [-0.1, -0.05) is 11.8 Å². The van der Waals surface area contributed by atoms with Gasteiger partial charge in [0, 0.05) is 23.9 Å². The van der Waals surface area contributed by atoms with Crippen LogP contribution in [0.25, 0.3) is 0 Å². The molecule has 1 aliphatic rings. The van der Waals surface area contributed by atoms with Gasteiger partial charge in [0.1, 0.15) is 4.34 Å². The first-order valence-electron chi connectivity index (χ1n) is 4.69. The average Bonchev–Trinajstić information content (AvgIpc) is 2.94. The van der Waals surface area contributed by atoms with Gasteiger partial charge in [0.15, 0.2) is 0 Å². The highest BCUT2D eigenvalue weighted by Gasteiger charge is 2.42. The highest BCUT2D eigenvalue weighted by molar-refractivity contribution is 8.01. The summed E-state index contributed by atoms with van der Waals surface area (Å²) in [5.74, 6) is 1.08. The largest absolute Gasteiger partial charge is 0.387 e. The quantitative estimate of drug-likeness (QED) is 0.749. The van der Waals surface area contributed by atoms with E-state index in [1.165, 1.54) is 0 Å². The van der Waals surface area contributed by atoms with Gasteiger partial charge in [-0.15, -0.1) is 11.3 Å². The molecule has 3 nitrogen and oxygen atoms in total. The second-order valence-corrected chi connectivity index (χ2v) is 5.79. The first-order valence-corrected chi connectivity index (χ1v) is 6.56. The molecular formula is C9H14N2OS2. The number of aromatic nitrogens is 1. The number of nitrogens with two attached hydrogens (primary N) is 1. The molecule has 1 fully saturated rings. The first-order chi connectivity index (χ1) is 6.74. The van der Waals surface area contributed by atoms with Crippen LogP contribution in [-0.4, -0.2) is 28.0 Å². The molecule has 1 aliphatic carbocycles. The summed E-state index contributed by atoms with van der Waals surface area (Å²) in [5.41, 5.74) is 4.94. The van der Waals surface area contributed by atoms with E-state index in [1.807, 2.05) is 5.38 Å². The lowest BCUT2D eigenvalue weighted by molar-refractivity contribution is 0.0510. The van der Waals surface area contributed by atoms with Crippen molar-refractivity contribution in [2.45, 2.75) is 22.8 Å². The Morgan fingerprint density at radius 3 is 3.00 bits per heavy atom. The van der Waals surface area contributed by atoms with Gasteiger partial charge in [-0.3, -0.25) is 0 Å². The third kappa shape index (κ3) is 2.28. The van der Waals surface area contributed by atoms with Crippen LogP contribution in [0.2, 0.25) is 0 Å². The minimum atomic E-state index is -0.670. The van der Waals surface area contributed by atoms with Gasteiger partial charge in [-0.2, -0.15) is 0 Å². The molecule has 1 heterocycles. The Bertz CT molecular complexity index is 287. The molecule has 0 radical (unpaired) electrons. The van der Waals surface area contributed by atoms with E-state index in [9.17, 15) is 5.11 Å². The van der Waals surface area contributed by atoms with Crippen LogP contribution in [0.5, 0.6) is 0 Å². The van der Waals surface area contributed by atoms with Crippen molar-refractivity contribution in [2.75, 3.05) is 12.3 Å². The third-order valence-electron chi connectivity index (χ3n) is 2.55. The molecule has 78 valence electrons. The molecule has 1 aromatic rings. The van der Waals surface area contributed by atoms with E-state index in [2.05, 4.69) is 4.98 Å². The molecule has 14 heavy (non-hydrogen) atoms. The van der Waals surface area contributed by atoms with Crippen LogP contribution in [0.1, 0.15) is 12.8 Å². The summed E-state index contributed by atoms with van der Waals surface area (Å²) >= 11 is 3.21. The minimum Gasteiger partial charge on any atom is -0.387 e. The van der Waals surface area contributed by atoms with Crippen molar-refractivity contribution < 1.29 is 5.11 Å². The Hall–Kier alpha value is -0.100. The lowest BCUT2D eigenvalue weighted by Gasteiger charge is -2.25. The van der Waals surface area contributed by atoms with Crippen LogP contribution >= 0.6 is 23.1 Å². The molecule has 0 aliphatic heterocycles. The second-order valence-electron chi connectivity index (χ2n) is 3.67. The summed E-state index contributed by atoms with van der Waals surface area (Å²) in [6, 6.07) is 0. The highest BCUT2D eigenvalue weighted by Crippen LogP contribution is 2.41. The Balaban J connectivity index is 1.89. The van der Waals surface area contributed by atoms with Crippen molar-refractivity contribution in [3.8, 4) is 0 Å². The smallest absolute Gasteiger partial charge is 0.149 e. The van der Waals surface area contributed by atoms with E-state index < -0.39 is 5.60 Å². The van der Waals surface area contributed by atoms with Crippen molar-refractivity contribution in [1.82, 2.24) is 4.98 Å². The molecule has 1 aromatic heterocycles. The van der Waals surface area contributed by atoms with Crippen molar-refractivity contribution in [2.24, 2.45) is 11.7 Å². The molecule has 1 atom stereocenters. The van der Waals surface area contributed by atoms with Crippen molar-refractivity contribution >= 4 is 23.1 Å². The van der Waals surface area contributed by atoms with Gasteiger partial charge >= 0.3 is 0 Å². The number of nitrogens with zero attached hydrogens (tertiary/aromatic N) is 1. The molecule has 1 saturated carbocycles. The molecular weight excluding hydrogens is 216 g/mol. The van der Waals surface area contributed by atoms with E-state index in [4.69, 9.17) is 5.73 Å². The zero-order valence-electron chi connectivity index (χ0n) is 7.85. The van der Waals surface area contributed by atoms with Crippen LogP contribution < -0.4 is 5.73 Å². The fourth-order valence-corrected chi connectivity index (χ4v) is 3.27. The normalized spacial score (nSPS) is 20.7. The summed E-state index contributed by atoms with van der Waals surface area (Å²) in [6.45, 7) is 0.357. The standard InChI is InChI=1S/C9H14N2OS2/c10-5-9(12,7-1-2-7)6-14-8-11-3-4-13-8/h3-4,7,12H,1-2,5-6,10H2. The molecule has 0 amide bonds. The Labute approximate surface area is 91.7 Å². The van der Waals surface area contributed by atoms with Gasteiger partial charge in [0.2, 0.25) is 0 Å². The predicted molar refractivity (Wildman–Crippen MR) is 59.6 cm³/mol. The third-order valence-corrected chi connectivity index (χ3v) is 4.75. The number of thioether (sulfide) groups is 1. The summed E-state index contributed by atoms with van der Waals surface area (Å²) in [7, 11) is 0. The van der Waals surface area contributed by atoms with Crippen LogP contribution in [0, 0.1) is 5.92 Å². The van der Waals surface area contributed by atoms with E-state index in [0.29, 0.717) is 18.2 Å². The van der Waals surface area contributed by atoms with Gasteiger partial charge < -0.3 is 10.8 Å². The maximum absolute atomic E-state index is 10.2. The Morgan fingerprint density at radius 2 is 2.50 bits per heavy atom. The van der Waals surface area contributed by atoms with Crippen molar-refractivity contribution in [3.63, 3.8) is 0 Å². The zero-order chi connectivity index (χ0) is 10.0. The molecule has 2 rings (SSSR count). The van der Waals surface area contributed by atoms with Gasteiger partial charge in [-0.05, 0) is 18.8 Å². The SMILES string of the molecule is NCC(O)(CSc1nccs1)C1CC1. The maximum atomic E-state index is 10.2.